The van der Waals surface area contributed by atoms with E-state index in [4.69, 9.17) is 0 Å². The minimum atomic E-state index is -0.681. The molecule has 0 fully saturated rings. The van der Waals surface area contributed by atoms with E-state index in [9.17, 15) is 9.90 Å². The van der Waals surface area contributed by atoms with Crippen molar-refractivity contribution in [2.24, 2.45) is 0 Å². The van der Waals surface area contributed by atoms with Gasteiger partial charge in [0, 0.05) is 18.9 Å². The van der Waals surface area contributed by atoms with Crippen molar-refractivity contribution in [2.75, 3.05) is 6.54 Å². The molecule has 2 rings (SSSR count). The van der Waals surface area contributed by atoms with E-state index in [1.165, 1.54) is 0 Å². The predicted molar refractivity (Wildman–Crippen MR) is 64.5 cm³/mol. The van der Waals surface area contributed by atoms with Crippen LogP contribution in [0, 0.1) is 0 Å². The lowest BCUT2D eigenvalue weighted by molar-refractivity contribution is 0.0916. The zero-order valence-electron chi connectivity index (χ0n) is 9.26. The number of benzene rings is 1. The third kappa shape index (κ3) is 2.95. The summed E-state index contributed by atoms with van der Waals surface area (Å²) in [6.45, 7) is 0.202. The Hall–Kier alpha value is -2.07. The van der Waals surface area contributed by atoms with E-state index in [-0.39, 0.29) is 12.5 Å². The van der Waals surface area contributed by atoms with Crippen LogP contribution in [-0.4, -0.2) is 22.5 Å². The molecule has 17 heavy (non-hydrogen) atoms. The molecule has 0 radical (unpaired) electrons. The second-order valence-corrected chi connectivity index (χ2v) is 3.74. The van der Waals surface area contributed by atoms with Gasteiger partial charge < -0.3 is 15.4 Å². The molecule has 4 heteroatoms. The lowest BCUT2D eigenvalue weighted by Gasteiger charge is -2.11. The number of carbonyl (C=O) groups excluding carboxylic acids is 1. The summed E-state index contributed by atoms with van der Waals surface area (Å²) in [4.78, 5) is 14.4. The molecule has 4 nitrogen and oxygen atoms in total. The summed E-state index contributed by atoms with van der Waals surface area (Å²) < 4.78 is 0. The number of aromatic nitrogens is 1. The van der Waals surface area contributed by atoms with Crippen LogP contribution in [-0.2, 0) is 0 Å². The molecule has 0 aliphatic heterocycles. The number of rotatable bonds is 4. The third-order valence-electron chi connectivity index (χ3n) is 2.50. The van der Waals surface area contributed by atoms with Gasteiger partial charge in [0.05, 0.1) is 11.7 Å². The van der Waals surface area contributed by atoms with Crippen molar-refractivity contribution in [3.8, 4) is 0 Å². The number of aliphatic hydroxyl groups is 1. The van der Waals surface area contributed by atoms with Crippen LogP contribution in [0.25, 0.3) is 0 Å². The van der Waals surface area contributed by atoms with Crippen LogP contribution in [0.3, 0.4) is 0 Å². The molecule has 0 saturated heterocycles. The molecule has 2 aromatic rings. The Kier molecular flexibility index (Phi) is 3.57. The average molecular weight is 230 g/mol. The second kappa shape index (κ2) is 5.32. The van der Waals surface area contributed by atoms with E-state index in [1.54, 1.807) is 18.5 Å². The summed E-state index contributed by atoms with van der Waals surface area (Å²) in [5.74, 6) is -0.193. The highest BCUT2D eigenvalue weighted by molar-refractivity contribution is 5.93. The van der Waals surface area contributed by atoms with E-state index >= 15 is 0 Å². The Morgan fingerprint density at radius 1 is 1.29 bits per heavy atom. The summed E-state index contributed by atoms with van der Waals surface area (Å²) in [5.41, 5.74) is 1.35. The molecule has 0 spiro atoms. The lowest BCUT2D eigenvalue weighted by Crippen LogP contribution is -2.28. The molecular formula is C13H14N2O2. The SMILES string of the molecule is O=C(NC[C@H](O)c1ccccc1)c1cc[nH]c1. The molecule has 0 aliphatic carbocycles. The van der Waals surface area contributed by atoms with Gasteiger partial charge in [-0.05, 0) is 11.6 Å². The number of carbonyl (C=O) groups is 1. The van der Waals surface area contributed by atoms with Crippen LogP contribution in [0.5, 0.6) is 0 Å². The van der Waals surface area contributed by atoms with Crippen molar-refractivity contribution < 1.29 is 9.90 Å². The predicted octanol–water partition coefficient (Wildman–Crippen LogP) is 1.48. The first kappa shape index (κ1) is 11.4. The maximum atomic E-state index is 11.6. The number of hydrogen-bond donors (Lipinski definition) is 3. The fourth-order valence-corrected chi connectivity index (χ4v) is 1.55. The highest BCUT2D eigenvalue weighted by atomic mass is 16.3. The Morgan fingerprint density at radius 2 is 2.06 bits per heavy atom. The first-order valence-electron chi connectivity index (χ1n) is 5.41. The lowest BCUT2D eigenvalue weighted by atomic mass is 10.1. The smallest absolute Gasteiger partial charge is 0.252 e. The summed E-state index contributed by atoms with van der Waals surface area (Å²) in [6, 6.07) is 10.9. The molecule has 0 bridgehead atoms. The van der Waals surface area contributed by atoms with Gasteiger partial charge in [0.15, 0.2) is 0 Å². The number of nitrogens with one attached hydrogen (secondary N) is 2. The van der Waals surface area contributed by atoms with Gasteiger partial charge >= 0.3 is 0 Å². The number of hydrogen-bond acceptors (Lipinski definition) is 2. The van der Waals surface area contributed by atoms with Gasteiger partial charge in [-0.15, -0.1) is 0 Å². The maximum absolute atomic E-state index is 11.6. The second-order valence-electron chi connectivity index (χ2n) is 3.74. The standard InChI is InChI=1S/C13H14N2O2/c16-12(10-4-2-1-3-5-10)9-15-13(17)11-6-7-14-8-11/h1-8,12,14,16H,9H2,(H,15,17)/t12-/m0/s1. The average Bonchev–Trinajstić information content (AvgIpc) is 2.90. The van der Waals surface area contributed by atoms with Crippen molar-refractivity contribution in [2.45, 2.75) is 6.10 Å². The first-order valence-corrected chi connectivity index (χ1v) is 5.41. The molecule has 0 saturated carbocycles. The summed E-state index contributed by atoms with van der Waals surface area (Å²) in [6.07, 6.45) is 2.62. The minimum Gasteiger partial charge on any atom is -0.387 e. The van der Waals surface area contributed by atoms with Gasteiger partial charge in [-0.25, -0.2) is 0 Å². The molecule has 1 aromatic heterocycles. The van der Waals surface area contributed by atoms with Gasteiger partial charge in [-0.2, -0.15) is 0 Å². The fraction of sp³-hybridized carbons (Fsp3) is 0.154. The molecule has 1 amide bonds. The molecule has 3 N–H and O–H groups in total. The van der Waals surface area contributed by atoms with E-state index in [2.05, 4.69) is 10.3 Å². The first-order chi connectivity index (χ1) is 8.27. The molecule has 88 valence electrons. The van der Waals surface area contributed by atoms with Crippen LogP contribution in [0.15, 0.2) is 48.8 Å². The number of H-pyrrole nitrogens is 1. The minimum absolute atomic E-state index is 0.193. The summed E-state index contributed by atoms with van der Waals surface area (Å²) in [7, 11) is 0. The third-order valence-corrected chi connectivity index (χ3v) is 2.50. The van der Waals surface area contributed by atoms with Gasteiger partial charge in [-0.1, -0.05) is 30.3 Å². The van der Waals surface area contributed by atoms with Crippen LogP contribution in [0.2, 0.25) is 0 Å². The van der Waals surface area contributed by atoms with E-state index in [0.717, 1.165) is 5.56 Å². The number of amides is 1. The van der Waals surface area contributed by atoms with Crippen LogP contribution < -0.4 is 5.32 Å². The normalized spacial score (nSPS) is 12.1. The van der Waals surface area contributed by atoms with E-state index in [1.807, 2.05) is 30.3 Å². The zero-order valence-corrected chi connectivity index (χ0v) is 9.26. The molecule has 1 heterocycles. The van der Waals surface area contributed by atoms with Gasteiger partial charge in [-0.3, -0.25) is 4.79 Å². The highest BCUT2D eigenvalue weighted by Crippen LogP contribution is 2.10. The molecular weight excluding hydrogens is 216 g/mol. The van der Waals surface area contributed by atoms with E-state index < -0.39 is 6.10 Å². The van der Waals surface area contributed by atoms with Crippen LogP contribution >= 0.6 is 0 Å². The van der Waals surface area contributed by atoms with Crippen molar-refractivity contribution in [1.82, 2.24) is 10.3 Å². The topological polar surface area (TPSA) is 65.1 Å². The van der Waals surface area contributed by atoms with Gasteiger partial charge in [0.2, 0.25) is 0 Å². The quantitative estimate of drug-likeness (QED) is 0.744. The fourth-order valence-electron chi connectivity index (χ4n) is 1.55. The van der Waals surface area contributed by atoms with Crippen LogP contribution in [0.4, 0.5) is 0 Å². The largest absolute Gasteiger partial charge is 0.387 e. The number of aromatic amines is 1. The molecule has 1 aromatic carbocycles. The highest BCUT2D eigenvalue weighted by Gasteiger charge is 2.10. The number of aliphatic hydroxyl groups excluding tert-OH is 1. The van der Waals surface area contributed by atoms with Gasteiger partial charge in [0.25, 0.3) is 5.91 Å². The van der Waals surface area contributed by atoms with Crippen molar-refractivity contribution in [3.63, 3.8) is 0 Å². The van der Waals surface area contributed by atoms with Crippen molar-refractivity contribution >= 4 is 5.91 Å². The van der Waals surface area contributed by atoms with Gasteiger partial charge in [0.1, 0.15) is 0 Å². The maximum Gasteiger partial charge on any atom is 0.252 e. The van der Waals surface area contributed by atoms with Crippen LogP contribution in [0.1, 0.15) is 22.0 Å². The molecule has 0 unspecified atom stereocenters. The molecule has 0 aliphatic rings. The monoisotopic (exact) mass is 230 g/mol. The summed E-state index contributed by atoms with van der Waals surface area (Å²) in [5, 5.41) is 12.5. The Balaban J connectivity index is 1.89. The van der Waals surface area contributed by atoms with Crippen molar-refractivity contribution in [3.05, 3.63) is 59.9 Å². The Bertz CT molecular complexity index is 465. The zero-order chi connectivity index (χ0) is 12.1. The molecule has 1 atom stereocenters. The Labute approximate surface area is 99.3 Å². The van der Waals surface area contributed by atoms with E-state index in [0.29, 0.717) is 5.56 Å². The summed E-state index contributed by atoms with van der Waals surface area (Å²) >= 11 is 0. The van der Waals surface area contributed by atoms with Crippen molar-refractivity contribution in [1.29, 1.82) is 0 Å². The Morgan fingerprint density at radius 3 is 2.71 bits per heavy atom.